The molecule has 0 aliphatic carbocycles. The molecule has 2 amide bonds. The van der Waals surface area contributed by atoms with Gasteiger partial charge in [0.1, 0.15) is 5.60 Å². The molecule has 0 aromatic heterocycles. The van der Waals surface area contributed by atoms with Gasteiger partial charge in [-0.25, -0.2) is 4.79 Å². The fourth-order valence-corrected chi connectivity index (χ4v) is 2.82. The molecule has 1 aliphatic heterocycles. The van der Waals surface area contributed by atoms with Crippen molar-refractivity contribution >= 4 is 35.1 Å². The number of piperazine rings is 1. The number of anilines is 1. The summed E-state index contributed by atoms with van der Waals surface area (Å²) in [7, 11) is 0. The zero-order valence-corrected chi connectivity index (χ0v) is 16.0. The van der Waals surface area contributed by atoms with E-state index in [2.05, 4.69) is 10.2 Å². The number of para-hydroxylation sites is 1. The predicted octanol–water partition coefficient (Wildman–Crippen LogP) is 1.45. The SMILES string of the molecule is CC(C)(C)OC(=O)C(=O)NCC(=O)N1CCN(c2ccccc2Cl)CC1. The summed E-state index contributed by atoms with van der Waals surface area (Å²) < 4.78 is 4.96. The largest absolute Gasteiger partial charge is 0.453 e. The number of hydrogen-bond donors (Lipinski definition) is 1. The number of nitrogens with zero attached hydrogens (tertiary/aromatic N) is 2. The minimum absolute atomic E-state index is 0.232. The number of hydrogen-bond acceptors (Lipinski definition) is 5. The second-order valence-electron chi connectivity index (χ2n) is 7.00. The summed E-state index contributed by atoms with van der Waals surface area (Å²) in [6.07, 6.45) is 0. The lowest BCUT2D eigenvalue weighted by Crippen LogP contribution is -2.52. The van der Waals surface area contributed by atoms with E-state index < -0.39 is 17.5 Å². The molecule has 0 bridgehead atoms. The molecule has 1 aliphatic rings. The van der Waals surface area contributed by atoms with E-state index in [9.17, 15) is 14.4 Å². The lowest BCUT2D eigenvalue weighted by Gasteiger charge is -2.36. The second kappa shape index (κ2) is 8.40. The molecule has 0 unspecified atom stereocenters. The molecular weight excluding hydrogens is 358 g/mol. The molecule has 1 aromatic rings. The summed E-state index contributed by atoms with van der Waals surface area (Å²) in [5.74, 6) is -2.14. The molecule has 0 spiro atoms. The molecule has 0 radical (unpaired) electrons. The predicted molar refractivity (Wildman–Crippen MR) is 99.1 cm³/mol. The van der Waals surface area contributed by atoms with Crippen molar-refractivity contribution in [3.05, 3.63) is 29.3 Å². The smallest absolute Gasteiger partial charge is 0.397 e. The Morgan fingerprint density at radius 1 is 1.12 bits per heavy atom. The minimum atomic E-state index is -0.992. The van der Waals surface area contributed by atoms with Gasteiger partial charge in [-0.05, 0) is 32.9 Å². The highest BCUT2D eigenvalue weighted by Gasteiger charge is 2.25. The van der Waals surface area contributed by atoms with Crippen LogP contribution in [0.1, 0.15) is 20.8 Å². The second-order valence-corrected chi connectivity index (χ2v) is 7.41. The Balaban J connectivity index is 1.79. The van der Waals surface area contributed by atoms with Crippen LogP contribution >= 0.6 is 11.6 Å². The van der Waals surface area contributed by atoms with Crippen LogP contribution in [0.25, 0.3) is 0 Å². The normalized spacial score (nSPS) is 14.8. The van der Waals surface area contributed by atoms with Crippen molar-refractivity contribution in [1.29, 1.82) is 0 Å². The van der Waals surface area contributed by atoms with Crippen molar-refractivity contribution in [2.24, 2.45) is 0 Å². The molecule has 142 valence electrons. The topological polar surface area (TPSA) is 78.9 Å². The van der Waals surface area contributed by atoms with Gasteiger partial charge in [-0.15, -0.1) is 0 Å². The van der Waals surface area contributed by atoms with Crippen LogP contribution in [-0.2, 0) is 19.1 Å². The van der Waals surface area contributed by atoms with Crippen LogP contribution < -0.4 is 10.2 Å². The van der Waals surface area contributed by atoms with Gasteiger partial charge < -0.3 is 19.9 Å². The first-order chi connectivity index (χ1) is 12.2. The maximum absolute atomic E-state index is 12.2. The van der Waals surface area contributed by atoms with E-state index in [1.54, 1.807) is 25.7 Å². The quantitative estimate of drug-likeness (QED) is 0.633. The van der Waals surface area contributed by atoms with Crippen LogP contribution in [0.4, 0.5) is 5.69 Å². The van der Waals surface area contributed by atoms with Gasteiger partial charge in [0, 0.05) is 26.2 Å². The summed E-state index contributed by atoms with van der Waals surface area (Å²) in [6.45, 7) is 7.11. The van der Waals surface area contributed by atoms with Gasteiger partial charge in [-0.3, -0.25) is 9.59 Å². The highest BCUT2D eigenvalue weighted by atomic mass is 35.5. The summed E-state index contributed by atoms with van der Waals surface area (Å²) >= 11 is 6.20. The third-order valence-corrected chi connectivity index (χ3v) is 4.13. The van der Waals surface area contributed by atoms with Crippen LogP contribution in [0.3, 0.4) is 0 Å². The summed E-state index contributed by atoms with van der Waals surface area (Å²) in [6, 6.07) is 7.57. The molecule has 1 fully saturated rings. The third kappa shape index (κ3) is 5.62. The molecule has 1 aromatic carbocycles. The number of rotatable bonds is 3. The van der Waals surface area contributed by atoms with Crippen molar-refractivity contribution in [2.75, 3.05) is 37.6 Å². The third-order valence-electron chi connectivity index (χ3n) is 3.81. The molecule has 1 heterocycles. The van der Waals surface area contributed by atoms with Crippen LogP contribution in [0, 0.1) is 0 Å². The van der Waals surface area contributed by atoms with Crippen LogP contribution in [0.5, 0.6) is 0 Å². The highest BCUT2D eigenvalue weighted by molar-refractivity contribution is 6.33. The molecule has 26 heavy (non-hydrogen) atoms. The number of amides is 2. The van der Waals surface area contributed by atoms with E-state index in [0.717, 1.165) is 5.69 Å². The molecule has 0 saturated carbocycles. The highest BCUT2D eigenvalue weighted by Crippen LogP contribution is 2.25. The minimum Gasteiger partial charge on any atom is -0.453 e. The van der Waals surface area contributed by atoms with Crippen molar-refractivity contribution in [2.45, 2.75) is 26.4 Å². The fourth-order valence-electron chi connectivity index (χ4n) is 2.57. The summed E-state index contributed by atoms with van der Waals surface area (Å²) in [5.41, 5.74) is 0.188. The van der Waals surface area contributed by atoms with Gasteiger partial charge in [0.05, 0.1) is 17.3 Å². The zero-order chi connectivity index (χ0) is 19.3. The van der Waals surface area contributed by atoms with E-state index in [0.29, 0.717) is 31.2 Å². The van der Waals surface area contributed by atoms with E-state index in [-0.39, 0.29) is 12.5 Å². The van der Waals surface area contributed by atoms with Crippen LogP contribution in [0.2, 0.25) is 5.02 Å². The first-order valence-corrected chi connectivity index (χ1v) is 8.83. The van der Waals surface area contributed by atoms with E-state index in [1.807, 2.05) is 24.3 Å². The Bertz CT molecular complexity index is 679. The molecule has 0 atom stereocenters. The monoisotopic (exact) mass is 381 g/mol. The average molecular weight is 382 g/mol. The Kier molecular flexibility index (Phi) is 6.47. The Labute approximate surface area is 158 Å². The Morgan fingerprint density at radius 3 is 2.31 bits per heavy atom. The van der Waals surface area contributed by atoms with Crippen molar-refractivity contribution in [3.63, 3.8) is 0 Å². The van der Waals surface area contributed by atoms with Gasteiger partial charge in [0.2, 0.25) is 5.91 Å². The Morgan fingerprint density at radius 2 is 1.73 bits per heavy atom. The summed E-state index contributed by atoms with van der Waals surface area (Å²) in [5, 5.41) is 2.99. The lowest BCUT2D eigenvalue weighted by molar-refractivity contribution is -0.163. The van der Waals surface area contributed by atoms with Crippen molar-refractivity contribution in [1.82, 2.24) is 10.2 Å². The van der Waals surface area contributed by atoms with E-state index >= 15 is 0 Å². The number of esters is 1. The van der Waals surface area contributed by atoms with Crippen LogP contribution in [0.15, 0.2) is 24.3 Å². The number of carbonyl (C=O) groups is 3. The first-order valence-electron chi connectivity index (χ1n) is 8.46. The van der Waals surface area contributed by atoms with Gasteiger partial charge >= 0.3 is 11.9 Å². The lowest BCUT2D eigenvalue weighted by atomic mass is 10.2. The van der Waals surface area contributed by atoms with E-state index in [1.165, 1.54) is 0 Å². The maximum atomic E-state index is 12.2. The van der Waals surface area contributed by atoms with Gasteiger partial charge in [-0.1, -0.05) is 23.7 Å². The number of halogens is 1. The van der Waals surface area contributed by atoms with E-state index in [4.69, 9.17) is 16.3 Å². The van der Waals surface area contributed by atoms with Crippen LogP contribution in [-0.4, -0.2) is 61.0 Å². The molecule has 8 heteroatoms. The zero-order valence-electron chi connectivity index (χ0n) is 15.3. The first kappa shape index (κ1) is 20.0. The van der Waals surface area contributed by atoms with Crippen molar-refractivity contribution < 1.29 is 19.1 Å². The van der Waals surface area contributed by atoms with Gasteiger partial charge in [-0.2, -0.15) is 0 Å². The molecule has 1 N–H and O–H groups in total. The maximum Gasteiger partial charge on any atom is 0.397 e. The fraction of sp³-hybridized carbons (Fsp3) is 0.500. The Hall–Kier alpha value is -2.28. The molecule has 7 nitrogen and oxygen atoms in total. The number of ether oxygens (including phenoxy) is 1. The van der Waals surface area contributed by atoms with Gasteiger partial charge in [0.25, 0.3) is 0 Å². The number of nitrogens with one attached hydrogen (secondary N) is 1. The average Bonchev–Trinajstić information content (AvgIpc) is 2.58. The number of carbonyl (C=O) groups excluding carboxylic acids is 3. The van der Waals surface area contributed by atoms with Gasteiger partial charge in [0.15, 0.2) is 0 Å². The molecule has 1 saturated heterocycles. The summed E-state index contributed by atoms with van der Waals surface area (Å²) in [4.78, 5) is 39.3. The van der Waals surface area contributed by atoms with Crippen molar-refractivity contribution in [3.8, 4) is 0 Å². The standard InChI is InChI=1S/C18H24ClN3O4/c1-18(2,3)26-17(25)16(24)20-12-15(23)22-10-8-21(9-11-22)14-7-5-4-6-13(14)19/h4-7H,8-12H2,1-3H3,(H,20,24). The molecule has 2 rings (SSSR count). The molecular formula is C18H24ClN3O4. The number of benzene rings is 1.